The topological polar surface area (TPSA) is 36.1 Å². The predicted octanol–water partition coefficient (Wildman–Crippen LogP) is 4.78. The lowest BCUT2D eigenvalue weighted by molar-refractivity contribution is -0.138. The highest BCUT2D eigenvalue weighted by atomic mass is 19.4. The smallest absolute Gasteiger partial charge is 0.258 e. The van der Waals surface area contributed by atoms with Gasteiger partial charge in [-0.1, -0.05) is 13.3 Å². The molecule has 0 aromatic heterocycles. The summed E-state index contributed by atoms with van der Waals surface area (Å²) in [6.07, 6.45) is -2.92. The van der Waals surface area contributed by atoms with Crippen molar-refractivity contribution in [3.8, 4) is 6.07 Å². The normalized spacial score (nSPS) is 12.4. The third-order valence-corrected chi connectivity index (χ3v) is 2.76. The summed E-state index contributed by atoms with van der Waals surface area (Å²) in [6, 6.07) is 4.22. The van der Waals surface area contributed by atoms with E-state index in [2.05, 4.69) is 4.99 Å². The maximum atomic E-state index is 13.0. The Labute approximate surface area is 110 Å². The first-order chi connectivity index (χ1) is 8.81. The largest absolute Gasteiger partial charge is 0.418 e. The van der Waals surface area contributed by atoms with Crippen molar-refractivity contribution in [2.24, 2.45) is 4.99 Å². The van der Waals surface area contributed by atoms with Gasteiger partial charge in [-0.2, -0.15) is 18.4 Å². The number of alkyl halides is 3. The first kappa shape index (κ1) is 15.2. The number of halogens is 3. The molecule has 0 saturated heterocycles. The minimum Gasteiger partial charge on any atom is -0.258 e. The van der Waals surface area contributed by atoms with Gasteiger partial charge in [-0.3, -0.25) is 4.99 Å². The van der Waals surface area contributed by atoms with Crippen LogP contribution in [-0.2, 0) is 6.18 Å². The summed E-state index contributed by atoms with van der Waals surface area (Å²) in [5.41, 5.74) is -0.194. The van der Waals surface area contributed by atoms with Crippen LogP contribution in [0.4, 0.5) is 18.9 Å². The van der Waals surface area contributed by atoms with Crippen LogP contribution < -0.4 is 0 Å². The highest BCUT2D eigenvalue weighted by molar-refractivity contribution is 5.85. The molecule has 5 heteroatoms. The first-order valence-corrected chi connectivity index (χ1v) is 5.96. The summed E-state index contributed by atoms with van der Waals surface area (Å²) in [4.78, 5) is 4.21. The van der Waals surface area contributed by atoms with Gasteiger partial charge in [-0.15, -0.1) is 0 Å². The summed E-state index contributed by atoms with van der Waals surface area (Å²) < 4.78 is 38.9. The van der Waals surface area contributed by atoms with Crippen LogP contribution in [-0.4, -0.2) is 5.71 Å². The summed E-state index contributed by atoms with van der Waals surface area (Å²) in [7, 11) is 0. The molecule has 1 aromatic carbocycles. The monoisotopic (exact) mass is 268 g/mol. The minimum absolute atomic E-state index is 0.00185. The Morgan fingerprint density at radius 3 is 2.47 bits per heavy atom. The highest BCUT2D eigenvalue weighted by Crippen LogP contribution is 2.38. The number of nitriles is 1. The molecule has 0 fully saturated rings. The van der Waals surface area contributed by atoms with Crippen LogP contribution in [0.15, 0.2) is 17.1 Å². The van der Waals surface area contributed by atoms with Crippen LogP contribution >= 0.6 is 0 Å². The van der Waals surface area contributed by atoms with Crippen molar-refractivity contribution in [1.29, 1.82) is 5.26 Å². The molecule has 0 aliphatic carbocycles. The fraction of sp³-hybridized carbons (Fsp3) is 0.429. The summed E-state index contributed by atoms with van der Waals surface area (Å²) in [5.74, 6) is 0. The molecule has 0 N–H and O–H groups in total. The van der Waals surface area contributed by atoms with Gasteiger partial charge in [0.1, 0.15) is 0 Å². The molecule has 0 atom stereocenters. The third-order valence-electron chi connectivity index (χ3n) is 2.76. The number of hydrogen-bond acceptors (Lipinski definition) is 2. The Kier molecular flexibility index (Phi) is 4.71. The molecule has 1 rings (SSSR count). The van der Waals surface area contributed by atoms with E-state index in [0.717, 1.165) is 18.6 Å². The van der Waals surface area contributed by atoms with Gasteiger partial charge in [0.05, 0.1) is 22.9 Å². The molecular formula is C14H15F3N2. The van der Waals surface area contributed by atoms with Gasteiger partial charge in [-0.05, 0) is 38.0 Å². The lowest BCUT2D eigenvalue weighted by Gasteiger charge is -2.14. The molecular weight excluding hydrogens is 253 g/mol. The number of hydrogen-bond donors (Lipinski definition) is 0. The van der Waals surface area contributed by atoms with Gasteiger partial charge in [0.25, 0.3) is 0 Å². The predicted molar refractivity (Wildman–Crippen MR) is 68.6 cm³/mol. The number of nitrogens with zero attached hydrogens (tertiary/aromatic N) is 2. The second-order valence-electron chi connectivity index (χ2n) is 4.34. The van der Waals surface area contributed by atoms with E-state index >= 15 is 0 Å². The molecule has 0 heterocycles. The molecule has 0 unspecified atom stereocenters. The van der Waals surface area contributed by atoms with Crippen molar-refractivity contribution in [2.45, 2.75) is 39.8 Å². The number of benzene rings is 1. The van der Waals surface area contributed by atoms with Crippen LogP contribution in [0.25, 0.3) is 0 Å². The summed E-state index contributed by atoms with van der Waals surface area (Å²) in [6.45, 7) is 5.11. The second-order valence-corrected chi connectivity index (χ2v) is 4.34. The van der Waals surface area contributed by atoms with E-state index in [4.69, 9.17) is 5.26 Å². The quantitative estimate of drug-likeness (QED) is 0.727. The van der Waals surface area contributed by atoms with Gasteiger partial charge in [0, 0.05) is 5.71 Å². The molecule has 0 aliphatic heterocycles. The molecule has 0 spiro atoms. The minimum atomic E-state index is -4.54. The van der Waals surface area contributed by atoms with Gasteiger partial charge in [0.2, 0.25) is 0 Å². The lowest BCUT2D eigenvalue weighted by Crippen LogP contribution is -2.10. The Bertz CT molecular complexity index is 537. The Morgan fingerprint density at radius 2 is 2.00 bits per heavy atom. The van der Waals surface area contributed by atoms with Crippen molar-refractivity contribution < 1.29 is 13.2 Å². The van der Waals surface area contributed by atoms with Crippen LogP contribution in [0.3, 0.4) is 0 Å². The maximum absolute atomic E-state index is 13.0. The van der Waals surface area contributed by atoms with Gasteiger partial charge in [-0.25, -0.2) is 0 Å². The molecule has 102 valence electrons. The summed E-state index contributed by atoms with van der Waals surface area (Å²) in [5, 5.41) is 8.78. The number of aliphatic imine (C=N–C) groups is 1. The van der Waals surface area contributed by atoms with E-state index in [1.807, 2.05) is 6.92 Å². The average Bonchev–Trinajstić information content (AvgIpc) is 2.30. The molecule has 0 radical (unpaired) electrons. The van der Waals surface area contributed by atoms with Crippen LogP contribution in [0.1, 0.15) is 43.4 Å². The molecule has 19 heavy (non-hydrogen) atoms. The molecule has 0 amide bonds. The van der Waals surface area contributed by atoms with Gasteiger partial charge in [0.15, 0.2) is 0 Å². The fourth-order valence-corrected chi connectivity index (χ4v) is 1.90. The number of rotatable bonds is 3. The van der Waals surface area contributed by atoms with Crippen molar-refractivity contribution >= 4 is 11.4 Å². The average molecular weight is 268 g/mol. The standard InChI is InChI=1S/C14H15F3N2/c1-4-5-9(2)19-12-7-6-11(8-18)13(10(12)3)14(15,16)17/h6-7H,4-5H2,1-3H3. The van der Waals surface area contributed by atoms with Gasteiger partial charge >= 0.3 is 6.18 Å². The lowest BCUT2D eigenvalue weighted by atomic mass is 10.0. The molecule has 0 saturated carbocycles. The van der Waals surface area contributed by atoms with Crippen molar-refractivity contribution in [3.05, 3.63) is 28.8 Å². The molecule has 1 aromatic rings. The Balaban J connectivity index is 3.41. The van der Waals surface area contributed by atoms with Crippen LogP contribution in [0, 0.1) is 18.3 Å². The molecule has 2 nitrogen and oxygen atoms in total. The third kappa shape index (κ3) is 3.57. The maximum Gasteiger partial charge on any atom is 0.418 e. The first-order valence-electron chi connectivity index (χ1n) is 5.96. The molecule has 0 aliphatic rings. The zero-order chi connectivity index (χ0) is 14.6. The van der Waals surface area contributed by atoms with E-state index in [1.54, 1.807) is 13.0 Å². The highest BCUT2D eigenvalue weighted by Gasteiger charge is 2.36. The Hall–Kier alpha value is -1.83. The fourth-order valence-electron chi connectivity index (χ4n) is 1.90. The molecule has 0 bridgehead atoms. The van der Waals surface area contributed by atoms with E-state index in [0.29, 0.717) is 0 Å². The van der Waals surface area contributed by atoms with E-state index < -0.39 is 11.7 Å². The summed E-state index contributed by atoms with van der Waals surface area (Å²) >= 11 is 0. The second kappa shape index (κ2) is 5.87. The van der Waals surface area contributed by atoms with E-state index in [-0.39, 0.29) is 16.8 Å². The Morgan fingerprint density at radius 1 is 1.37 bits per heavy atom. The van der Waals surface area contributed by atoms with Crippen molar-refractivity contribution in [2.75, 3.05) is 0 Å². The van der Waals surface area contributed by atoms with E-state index in [9.17, 15) is 13.2 Å². The zero-order valence-electron chi connectivity index (χ0n) is 11.1. The SMILES string of the molecule is CCCC(C)=Nc1ccc(C#N)c(C(F)(F)F)c1C. The van der Waals surface area contributed by atoms with Crippen molar-refractivity contribution in [3.63, 3.8) is 0 Å². The van der Waals surface area contributed by atoms with Crippen LogP contribution in [0.2, 0.25) is 0 Å². The van der Waals surface area contributed by atoms with Crippen LogP contribution in [0.5, 0.6) is 0 Å². The van der Waals surface area contributed by atoms with Crippen molar-refractivity contribution in [1.82, 2.24) is 0 Å². The zero-order valence-corrected chi connectivity index (χ0v) is 11.1. The van der Waals surface area contributed by atoms with Gasteiger partial charge < -0.3 is 0 Å². The van der Waals surface area contributed by atoms with E-state index in [1.165, 1.54) is 19.1 Å².